The Balaban J connectivity index is 2.58. The first-order valence-corrected chi connectivity index (χ1v) is 4.81. The summed E-state index contributed by atoms with van der Waals surface area (Å²) in [7, 11) is 0. The fourth-order valence-electron chi connectivity index (χ4n) is 1.47. The summed E-state index contributed by atoms with van der Waals surface area (Å²) in [5.41, 5.74) is 3.21. The molecule has 0 aliphatic heterocycles. The van der Waals surface area contributed by atoms with Crippen LogP contribution in [0.3, 0.4) is 0 Å². The third-order valence-electron chi connectivity index (χ3n) is 2.44. The minimum Gasteiger partial charge on any atom is -0.300 e. The summed E-state index contributed by atoms with van der Waals surface area (Å²) in [6.45, 7) is 8.37. The van der Waals surface area contributed by atoms with Crippen LogP contribution < -0.4 is 0 Å². The molecule has 2 rings (SSSR count). The van der Waals surface area contributed by atoms with Gasteiger partial charge in [0.25, 0.3) is 0 Å². The molecule has 2 aromatic heterocycles. The van der Waals surface area contributed by atoms with Crippen LogP contribution in [0, 0.1) is 5.92 Å². The van der Waals surface area contributed by atoms with Gasteiger partial charge in [0.05, 0.1) is 11.9 Å². The van der Waals surface area contributed by atoms with Crippen LogP contribution in [-0.4, -0.2) is 9.38 Å². The molecule has 0 aliphatic rings. The lowest BCUT2D eigenvalue weighted by molar-refractivity contribution is 0.848. The molecule has 14 heavy (non-hydrogen) atoms. The summed E-state index contributed by atoms with van der Waals surface area (Å²) >= 11 is 0. The third-order valence-corrected chi connectivity index (χ3v) is 2.44. The zero-order chi connectivity index (χ0) is 10.1. The van der Waals surface area contributed by atoms with Crippen molar-refractivity contribution in [2.45, 2.75) is 13.8 Å². The molecular formula is C12H14N2. The maximum atomic E-state index is 4.32. The van der Waals surface area contributed by atoms with Crippen molar-refractivity contribution in [1.29, 1.82) is 0 Å². The first-order chi connectivity index (χ1) is 6.70. The zero-order valence-corrected chi connectivity index (χ0v) is 8.57. The number of hydrogen-bond donors (Lipinski definition) is 0. The topological polar surface area (TPSA) is 17.3 Å². The van der Waals surface area contributed by atoms with Crippen LogP contribution in [0.25, 0.3) is 11.2 Å². The Kier molecular flexibility index (Phi) is 2.12. The highest BCUT2D eigenvalue weighted by Gasteiger charge is 2.08. The van der Waals surface area contributed by atoms with E-state index in [1.165, 1.54) is 0 Å². The molecule has 2 heteroatoms. The lowest BCUT2D eigenvalue weighted by Crippen LogP contribution is -1.96. The van der Waals surface area contributed by atoms with Gasteiger partial charge in [0.2, 0.25) is 0 Å². The molecule has 0 saturated carbocycles. The molecule has 2 nitrogen and oxygen atoms in total. The third kappa shape index (κ3) is 1.33. The summed E-state index contributed by atoms with van der Waals surface area (Å²) in [6.07, 6.45) is 3.91. The number of allylic oxidation sites excluding steroid dienone is 1. The Morgan fingerprint density at radius 3 is 2.93 bits per heavy atom. The summed E-state index contributed by atoms with van der Waals surface area (Å²) in [5, 5.41) is 0. The number of pyridine rings is 1. The molecule has 0 atom stereocenters. The molecule has 0 aromatic carbocycles. The van der Waals surface area contributed by atoms with Gasteiger partial charge < -0.3 is 4.40 Å². The molecule has 2 aromatic rings. The number of fused-ring (bicyclic) bond motifs is 1. The van der Waals surface area contributed by atoms with Gasteiger partial charge in [0.15, 0.2) is 0 Å². The second-order valence-corrected chi connectivity index (χ2v) is 3.75. The number of nitrogens with zero attached hydrogens (tertiary/aromatic N) is 2. The van der Waals surface area contributed by atoms with E-state index in [9.17, 15) is 0 Å². The number of aromatic nitrogens is 2. The van der Waals surface area contributed by atoms with Gasteiger partial charge in [-0.2, -0.15) is 0 Å². The van der Waals surface area contributed by atoms with Crippen molar-refractivity contribution in [3.63, 3.8) is 0 Å². The summed E-state index contributed by atoms with van der Waals surface area (Å²) in [5.74, 6) is 0.454. The molecular weight excluding hydrogens is 172 g/mol. The fraction of sp³-hybridized carbons (Fsp3) is 0.250. The Labute approximate surface area is 83.9 Å². The first kappa shape index (κ1) is 9.00. The minimum absolute atomic E-state index is 0.454. The smallest absolute Gasteiger partial charge is 0.137 e. The lowest BCUT2D eigenvalue weighted by atomic mass is 10.0. The Bertz CT molecular complexity index is 466. The zero-order valence-electron chi connectivity index (χ0n) is 8.57. The van der Waals surface area contributed by atoms with Gasteiger partial charge in [0, 0.05) is 6.20 Å². The van der Waals surface area contributed by atoms with E-state index in [1.54, 1.807) is 0 Å². The van der Waals surface area contributed by atoms with Crippen molar-refractivity contribution in [2.75, 3.05) is 0 Å². The van der Waals surface area contributed by atoms with Crippen LogP contribution >= 0.6 is 0 Å². The van der Waals surface area contributed by atoms with Gasteiger partial charge in [-0.05, 0) is 23.6 Å². The van der Waals surface area contributed by atoms with E-state index >= 15 is 0 Å². The average Bonchev–Trinajstić information content (AvgIpc) is 2.60. The van der Waals surface area contributed by atoms with Gasteiger partial charge in [-0.25, -0.2) is 4.98 Å². The molecule has 0 unspecified atom stereocenters. The number of rotatable bonds is 2. The van der Waals surface area contributed by atoms with E-state index in [4.69, 9.17) is 0 Å². The molecule has 0 aliphatic carbocycles. The second kappa shape index (κ2) is 3.29. The van der Waals surface area contributed by atoms with Crippen molar-refractivity contribution < 1.29 is 0 Å². The molecule has 0 saturated heterocycles. The predicted octanol–water partition coefficient (Wildman–Crippen LogP) is 3.00. The van der Waals surface area contributed by atoms with Crippen LogP contribution in [0.5, 0.6) is 0 Å². The normalized spacial score (nSPS) is 11.1. The van der Waals surface area contributed by atoms with E-state index in [-0.39, 0.29) is 0 Å². The molecule has 2 heterocycles. The fourth-order valence-corrected chi connectivity index (χ4v) is 1.47. The Morgan fingerprint density at radius 1 is 1.43 bits per heavy atom. The average molecular weight is 186 g/mol. The summed E-state index contributed by atoms with van der Waals surface area (Å²) < 4.78 is 2.07. The molecule has 0 fully saturated rings. The van der Waals surface area contributed by atoms with Crippen molar-refractivity contribution >= 4 is 11.2 Å². The van der Waals surface area contributed by atoms with Gasteiger partial charge >= 0.3 is 0 Å². The van der Waals surface area contributed by atoms with Crippen molar-refractivity contribution in [2.24, 2.45) is 5.92 Å². The monoisotopic (exact) mass is 186 g/mol. The van der Waals surface area contributed by atoms with Crippen LogP contribution in [0.15, 0.2) is 37.2 Å². The highest BCUT2D eigenvalue weighted by molar-refractivity contribution is 5.64. The highest BCUT2D eigenvalue weighted by Crippen LogP contribution is 2.21. The minimum atomic E-state index is 0.454. The Morgan fingerprint density at radius 2 is 2.21 bits per heavy atom. The standard InChI is InChI=1S/C12H14N2/c1-9(2)10(3)11-8-13-12-6-4-5-7-14(11)12/h4-9H,3H2,1-2H3. The molecule has 0 amide bonds. The van der Waals surface area contributed by atoms with Gasteiger partial charge in [-0.15, -0.1) is 0 Å². The van der Waals surface area contributed by atoms with Crippen LogP contribution in [0.4, 0.5) is 0 Å². The van der Waals surface area contributed by atoms with E-state index < -0.39 is 0 Å². The number of hydrogen-bond acceptors (Lipinski definition) is 1. The van der Waals surface area contributed by atoms with E-state index in [0.717, 1.165) is 16.9 Å². The van der Waals surface area contributed by atoms with Gasteiger partial charge in [-0.1, -0.05) is 26.5 Å². The van der Waals surface area contributed by atoms with Crippen LogP contribution in [0.1, 0.15) is 19.5 Å². The number of imidazole rings is 1. The maximum absolute atomic E-state index is 4.32. The molecule has 72 valence electrons. The first-order valence-electron chi connectivity index (χ1n) is 4.81. The summed E-state index contributed by atoms with van der Waals surface area (Å²) in [4.78, 5) is 4.32. The Hall–Kier alpha value is -1.57. The van der Waals surface area contributed by atoms with E-state index in [1.807, 2.05) is 30.6 Å². The largest absolute Gasteiger partial charge is 0.300 e. The summed E-state index contributed by atoms with van der Waals surface area (Å²) in [6, 6.07) is 5.99. The van der Waals surface area contributed by atoms with Crippen molar-refractivity contribution in [3.8, 4) is 0 Å². The highest BCUT2D eigenvalue weighted by atomic mass is 15.0. The SMILES string of the molecule is C=C(c1cnc2ccccn12)C(C)C. The van der Waals surface area contributed by atoms with Crippen LogP contribution in [-0.2, 0) is 0 Å². The lowest BCUT2D eigenvalue weighted by Gasteiger charge is -2.08. The quantitative estimate of drug-likeness (QED) is 0.704. The molecule has 0 radical (unpaired) electrons. The maximum Gasteiger partial charge on any atom is 0.137 e. The van der Waals surface area contributed by atoms with Crippen LogP contribution in [0.2, 0.25) is 0 Å². The van der Waals surface area contributed by atoms with Crippen molar-refractivity contribution in [3.05, 3.63) is 42.9 Å². The predicted molar refractivity (Wildman–Crippen MR) is 59.1 cm³/mol. The van der Waals surface area contributed by atoms with E-state index in [0.29, 0.717) is 5.92 Å². The molecule has 0 N–H and O–H groups in total. The van der Waals surface area contributed by atoms with Crippen molar-refractivity contribution in [1.82, 2.24) is 9.38 Å². The van der Waals surface area contributed by atoms with Gasteiger partial charge in [-0.3, -0.25) is 0 Å². The van der Waals surface area contributed by atoms with E-state index in [2.05, 4.69) is 29.8 Å². The second-order valence-electron chi connectivity index (χ2n) is 3.75. The van der Waals surface area contributed by atoms with Gasteiger partial charge in [0.1, 0.15) is 5.65 Å². The molecule has 0 bridgehead atoms. The molecule has 0 spiro atoms.